The van der Waals surface area contributed by atoms with E-state index in [9.17, 15) is 31.1 Å². The maximum absolute atomic E-state index is 12.1. The molecule has 0 aromatic rings. The molecule has 0 saturated carbocycles. The van der Waals surface area contributed by atoms with Gasteiger partial charge in [-0.25, -0.2) is 0 Å². The molecule has 1 fully saturated rings. The highest BCUT2D eigenvalue weighted by Gasteiger charge is 2.59. The summed E-state index contributed by atoms with van der Waals surface area (Å²) >= 11 is 0. The van der Waals surface area contributed by atoms with Crippen molar-refractivity contribution in [3.8, 4) is 0 Å². The first-order chi connectivity index (χ1) is 9.10. The molecule has 0 bridgehead atoms. The number of ether oxygens (including phenoxy) is 2. The SMILES string of the molecule is O=C(CCN1CCOCC1)OC(C(F)(F)F)C(F)(F)F. The quantitative estimate of drug-likeness (QED) is 0.586. The third-order valence-corrected chi connectivity index (χ3v) is 2.58. The van der Waals surface area contributed by atoms with Crippen molar-refractivity contribution in [2.75, 3.05) is 32.8 Å². The molecular weight excluding hydrogens is 296 g/mol. The Morgan fingerprint density at radius 3 is 2.05 bits per heavy atom. The van der Waals surface area contributed by atoms with E-state index in [2.05, 4.69) is 4.74 Å². The zero-order valence-electron chi connectivity index (χ0n) is 10.3. The molecule has 118 valence electrons. The van der Waals surface area contributed by atoms with Crippen molar-refractivity contribution in [1.29, 1.82) is 0 Å². The summed E-state index contributed by atoms with van der Waals surface area (Å²) in [5.74, 6) is -1.53. The summed E-state index contributed by atoms with van der Waals surface area (Å²) in [5, 5.41) is 0. The summed E-state index contributed by atoms with van der Waals surface area (Å²) in [4.78, 5) is 12.8. The molecule has 0 aromatic carbocycles. The van der Waals surface area contributed by atoms with E-state index in [1.54, 1.807) is 4.90 Å². The molecule has 1 aliphatic heterocycles. The van der Waals surface area contributed by atoms with Crippen LogP contribution in [0.4, 0.5) is 26.3 Å². The number of carbonyl (C=O) groups is 1. The van der Waals surface area contributed by atoms with Crippen LogP contribution in [-0.2, 0) is 14.3 Å². The van der Waals surface area contributed by atoms with Crippen LogP contribution in [0.5, 0.6) is 0 Å². The van der Waals surface area contributed by atoms with Crippen molar-refractivity contribution >= 4 is 5.97 Å². The van der Waals surface area contributed by atoms with Gasteiger partial charge in [0.15, 0.2) is 0 Å². The van der Waals surface area contributed by atoms with E-state index in [4.69, 9.17) is 4.74 Å². The zero-order chi connectivity index (χ0) is 15.4. The van der Waals surface area contributed by atoms with Gasteiger partial charge in [-0.3, -0.25) is 9.69 Å². The van der Waals surface area contributed by atoms with Gasteiger partial charge in [0.2, 0.25) is 0 Å². The van der Waals surface area contributed by atoms with E-state index < -0.39 is 30.8 Å². The molecule has 0 amide bonds. The van der Waals surface area contributed by atoms with Gasteiger partial charge in [-0.1, -0.05) is 0 Å². The van der Waals surface area contributed by atoms with Crippen molar-refractivity contribution < 1.29 is 40.6 Å². The highest BCUT2D eigenvalue weighted by molar-refractivity contribution is 5.69. The molecule has 0 unspecified atom stereocenters. The van der Waals surface area contributed by atoms with E-state index in [-0.39, 0.29) is 6.54 Å². The molecule has 1 heterocycles. The highest BCUT2D eigenvalue weighted by atomic mass is 19.4. The topological polar surface area (TPSA) is 38.8 Å². The Hall–Kier alpha value is -1.03. The molecule has 0 atom stereocenters. The fourth-order valence-electron chi connectivity index (χ4n) is 1.58. The van der Waals surface area contributed by atoms with Crippen LogP contribution >= 0.6 is 0 Å². The van der Waals surface area contributed by atoms with Crippen LogP contribution in [0.2, 0.25) is 0 Å². The number of esters is 1. The molecule has 4 nitrogen and oxygen atoms in total. The summed E-state index contributed by atoms with van der Waals surface area (Å²) < 4.78 is 81.4. The molecule has 0 spiro atoms. The van der Waals surface area contributed by atoms with Crippen LogP contribution in [0, 0.1) is 0 Å². The summed E-state index contributed by atoms with van der Waals surface area (Å²) in [5.41, 5.74) is 0. The lowest BCUT2D eigenvalue weighted by atomic mass is 10.3. The minimum absolute atomic E-state index is 0.0324. The number of alkyl halides is 6. The predicted octanol–water partition coefficient (Wildman–Crippen LogP) is 1.75. The number of halogens is 6. The van der Waals surface area contributed by atoms with Gasteiger partial charge in [0, 0.05) is 19.6 Å². The van der Waals surface area contributed by atoms with Crippen molar-refractivity contribution in [3.05, 3.63) is 0 Å². The second-order valence-corrected chi connectivity index (χ2v) is 4.16. The summed E-state index contributed by atoms with van der Waals surface area (Å²) in [6, 6.07) is 0. The Labute approximate surface area is 110 Å². The molecular formula is C10H13F6NO3. The maximum atomic E-state index is 12.1. The van der Waals surface area contributed by atoms with E-state index in [1.807, 2.05) is 0 Å². The molecule has 0 aliphatic carbocycles. The van der Waals surface area contributed by atoms with Gasteiger partial charge in [-0.2, -0.15) is 26.3 Å². The molecule has 1 aliphatic rings. The van der Waals surface area contributed by atoms with Gasteiger partial charge < -0.3 is 9.47 Å². The molecule has 20 heavy (non-hydrogen) atoms. The highest BCUT2D eigenvalue weighted by Crippen LogP contribution is 2.35. The smallest absolute Gasteiger partial charge is 0.434 e. The predicted molar refractivity (Wildman–Crippen MR) is 53.9 cm³/mol. The van der Waals surface area contributed by atoms with Gasteiger partial charge in [0.05, 0.1) is 19.6 Å². The minimum atomic E-state index is -5.67. The largest absolute Gasteiger partial charge is 0.443 e. The first kappa shape index (κ1) is 17.0. The Bertz CT molecular complexity index is 310. The Kier molecular flexibility index (Phi) is 5.63. The van der Waals surface area contributed by atoms with Crippen LogP contribution in [0.3, 0.4) is 0 Å². The first-order valence-electron chi connectivity index (χ1n) is 5.73. The first-order valence-corrected chi connectivity index (χ1v) is 5.73. The monoisotopic (exact) mass is 309 g/mol. The fraction of sp³-hybridized carbons (Fsp3) is 0.900. The third kappa shape index (κ3) is 5.53. The maximum Gasteiger partial charge on any atom is 0.434 e. The summed E-state index contributed by atoms with van der Waals surface area (Å²) in [6.45, 7) is 1.78. The van der Waals surface area contributed by atoms with Crippen molar-refractivity contribution in [1.82, 2.24) is 4.90 Å². The molecule has 0 radical (unpaired) electrons. The van der Waals surface area contributed by atoms with Crippen LogP contribution in [0.25, 0.3) is 0 Å². The fourth-order valence-corrected chi connectivity index (χ4v) is 1.58. The second-order valence-electron chi connectivity index (χ2n) is 4.16. The standard InChI is InChI=1S/C10H13F6NO3/c11-9(12,13)8(10(14,15)16)20-7(18)1-2-17-3-5-19-6-4-17/h8H,1-6H2. The van der Waals surface area contributed by atoms with Gasteiger partial charge >= 0.3 is 18.3 Å². The average Bonchev–Trinajstić information content (AvgIpc) is 2.32. The van der Waals surface area contributed by atoms with Crippen LogP contribution < -0.4 is 0 Å². The number of hydrogen-bond donors (Lipinski definition) is 0. The third-order valence-electron chi connectivity index (χ3n) is 2.58. The van der Waals surface area contributed by atoms with Gasteiger partial charge in [0.25, 0.3) is 6.10 Å². The molecule has 1 rings (SSSR count). The van der Waals surface area contributed by atoms with Crippen LogP contribution in [0.1, 0.15) is 6.42 Å². The van der Waals surface area contributed by atoms with Gasteiger partial charge in [-0.05, 0) is 0 Å². The molecule has 0 aromatic heterocycles. The van der Waals surface area contributed by atoms with E-state index in [0.29, 0.717) is 26.3 Å². The minimum Gasteiger partial charge on any atom is -0.443 e. The lowest BCUT2D eigenvalue weighted by Gasteiger charge is -2.27. The lowest BCUT2D eigenvalue weighted by molar-refractivity contribution is -0.313. The van der Waals surface area contributed by atoms with E-state index >= 15 is 0 Å². The van der Waals surface area contributed by atoms with Crippen molar-refractivity contribution in [2.24, 2.45) is 0 Å². The van der Waals surface area contributed by atoms with Crippen molar-refractivity contribution in [2.45, 2.75) is 24.9 Å². The van der Waals surface area contributed by atoms with E-state index in [1.165, 1.54) is 0 Å². The van der Waals surface area contributed by atoms with E-state index in [0.717, 1.165) is 0 Å². The number of hydrogen-bond acceptors (Lipinski definition) is 4. The van der Waals surface area contributed by atoms with Crippen molar-refractivity contribution in [3.63, 3.8) is 0 Å². The molecule has 0 N–H and O–H groups in total. The number of carbonyl (C=O) groups excluding carboxylic acids is 1. The van der Waals surface area contributed by atoms with Gasteiger partial charge in [0.1, 0.15) is 0 Å². The number of rotatable bonds is 4. The average molecular weight is 309 g/mol. The zero-order valence-corrected chi connectivity index (χ0v) is 10.3. The summed E-state index contributed by atoms with van der Waals surface area (Å²) in [7, 11) is 0. The van der Waals surface area contributed by atoms with Gasteiger partial charge in [-0.15, -0.1) is 0 Å². The Morgan fingerprint density at radius 1 is 1.10 bits per heavy atom. The normalized spacial score (nSPS) is 18.4. The molecule has 10 heteroatoms. The van der Waals surface area contributed by atoms with Crippen LogP contribution in [-0.4, -0.2) is 62.2 Å². The van der Waals surface area contributed by atoms with Crippen LogP contribution in [0.15, 0.2) is 0 Å². The second kappa shape index (κ2) is 6.61. The lowest BCUT2D eigenvalue weighted by Crippen LogP contribution is -2.46. The summed E-state index contributed by atoms with van der Waals surface area (Å²) in [6.07, 6.45) is -16.0. The Morgan fingerprint density at radius 2 is 1.60 bits per heavy atom. The number of morpholine rings is 1. The molecule has 1 saturated heterocycles. The number of nitrogens with zero attached hydrogens (tertiary/aromatic N) is 1. The Balaban J connectivity index is 2.46.